The predicted octanol–water partition coefficient (Wildman–Crippen LogP) is 6.30. The van der Waals surface area contributed by atoms with Gasteiger partial charge in [-0.05, 0) is 60.5 Å². The standard InChI is InChI=1S/C20H17BrF3N3O2S/c1-10(2)9-14-17(12-5-7-13(8-6-12)20(22,23)24)30-19(25-14)27-16(18(28)29-4)15(21)11(3)26-27/h5-9H,1-4H3. The van der Waals surface area contributed by atoms with Crippen molar-refractivity contribution in [1.29, 1.82) is 0 Å². The molecule has 0 radical (unpaired) electrons. The third-order valence-corrected chi connectivity index (χ3v) is 6.13. The van der Waals surface area contributed by atoms with Gasteiger partial charge in [0.25, 0.3) is 0 Å². The van der Waals surface area contributed by atoms with E-state index in [1.807, 2.05) is 19.9 Å². The molecule has 0 saturated heterocycles. The van der Waals surface area contributed by atoms with Crippen LogP contribution in [0.5, 0.6) is 0 Å². The molecular formula is C20H17BrF3N3O2S. The summed E-state index contributed by atoms with van der Waals surface area (Å²) in [5, 5.41) is 4.77. The van der Waals surface area contributed by atoms with E-state index < -0.39 is 17.7 Å². The van der Waals surface area contributed by atoms with Gasteiger partial charge in [0, 0.05) is 0 Å². The minimum atomic E-state index is -4.41. The lowest BCUT2D eigenvalue weighted by molar-refractivity contribution is -0.137. The number of ether oxygens (including phenoxy) is 1. The molecule has 0 amide bonds. The summed E-state index contributed by atoms with van der Waals surface area (Å²) < 4.78 is 45.5. The van der Waals surface area contributed by atoms with Crippen LogP contribution in [0.15, 0.2) is 34.3 Å². The molecule has 0 spiro atoms. The first kappa shape index (κ1) is 22.2. The van der Waals surface area contributed by atoms with Crippen molar-refractivity contribution < 1.29 is 22.7 Å². The normalized spacial score (nSPS) is 11.5. The molecule has 0 aliphatic rings. The Morgan fingerprint density at radius 2 is 1.87 bits per heavy atom. The van der Waals surface area contributed by atoms with Crippen LogP contribution in [-0.2, 0) is 10.9 Å². The number of methoxy groups -OCH3 is 1. The highest BCUT2D eigenvalue weighted by molar-refractivity contribution is 9.10. The van der Waals surface area contributed by atoms with E-state index >= 15 is 0 Å². The number of thiazole rings is 1. The van der Waals surface area contributed by atoms with Crippen LogP contribution in [0.3, 0.4) is 0 Å². The van der Waals surface area contributed by atoms with E-state index in [0.29, 0.717) is 31.4 Å². The minimum absolute atomic E-state index is 0.187. The smallest absolute Gasteiger partial charge is 0.416 e. The molecule has 158 valence electrons. The lowest BCUT2D eigenvalue weighted by Crippen LogP contribution is -2.10. The average Bonchev–Trinajstić information content (AvgIpc) is 3.21. The van der Waals surface area contributed by atoms with E-state index in [0.717, 1.165) is 17.7 Å². The van der Waals surface area contributed by atoms with Gasteiger partial charge < -0.3 is 4.74 Å². The summed E-state index contributed by atoms with van der Waals surface area (Å²) >= 11 is 4.57. The minimum Gasteiger partial charge on any atom is -0.464 e. The Kier molecular flexibility index (Phi) is 6.19. The van der Waals surface area contributed by atoms with Crippen molar-refractivity contribution >= 4 is 39.3 Å². The van der Waals surface area contributed by atoms with E-state index in [-0.39, 0.29) is 5.69 Å². The highest BCUT2D eigenvalue weighted by atomic mass is 79.9. The summed E-state index contributed by atoms with van der Waals surface area (Å²) in [6.07, 6.45) is -2.58. The van der Waals surface area contributed by atoms with E-state index in [4.69, 9.17) is 4.74 Å². The van der Waals surface area contributed by atoms with Gasteiger partial charge >= 0.3 is 12.1 Å². The van der Waals surface area contributed by atoms with Gasteiger partial charge in [0.15, 0.2) is 5.69 Å². The molecule has 1 aromatic carbocycles. The average molecular weight is 500 g/mol. The van der Waals surface area contributed by atoms with Gasteiger partial charge in [-0.15, -0.1) is 0 Å². The molecule has 30 heavy (non-hydrogen) atoms. The van der Waals surface area contributed by atoms with Crippen LogP contribution in [-0.4, -0.2) is 27.8 Å². The maximum Gasteiger partial charge on any atom is 0.416 e. The van der Waals surface area contributed by atoms with Gasteiger partial charge in [-0.25, -0.2) is 9.78 Å². The molecule has 2 aromatic heterocycles. The quantitative estimate of drug-likeness (QED) is 0.395. The summed E-state index contributed by atoms with van der Waals surface area (Å²) in [7, 11) is 1.27. The first-order chi connectivity index (χ1) is 14.0. The summed E-state index contributed by atoms with van der Waals surface area (Å²) in [4.78, 5) is 17.5. The molecule has 0 aliphatic heterocycles. The van der Waals surface area contributed by atoms with E-state index in [1.54, 1.807) is 6.92 Å². The highest BCUT2D eigenvalue weighted by Gasteiger charge is 2.30. The highest BCUT2D eigenvalue weighted by Crippen LogP contribution is 2.37. The fourth-order valence-electron chi connectivity index (χ4n) is 2.72. The van der Waals surface area contributed by atoms with Crippen molar-refractivity contribution in [3.63, 3.8) is 0 Å². The van der Waals surface area contributed by atoms with Crippen molar-refractivity contribution in [2.45, 2.75) is 26.9 Å². The first-order valence-corrected chi connectivity index (χ1v) is 10.3. The molecule has 0 fully saturated rings. The number of aromatic nitrogens is 3. The Labute approximate surface area is 183 Å². The predicted molar refractivity (Wildman–Crippen MR) is 113 cm³/mol. The Balaban J connectivity index is 2.18. The molecule has 0 saturated carbocycles. The second-order valence-corrected chi connectivity index (χ2v) is 8.43. The first-order valence-electron chi connectivity index (χ1n) is 8.70. The number of carbonyl (C=O) groups excluding carboxylic acids is 1. The number of halogens is 4. The van der Waals surface area contributed by atoms with Crippen molar-refractivity contribution in [3.05, 3.63) is 57.0 Å². The van der Waals surface area contributed by atoms with E-state index in [1.165, 1.54) is 35.3 Å². The van der Waals surface area contributed by atoms with Crippen molar-refractivity contribution in [2.24, 2.45) is 0 Å². The number of rotatable bonds is 4. The maximum absolute atomic E-state index is 12.9. The summed E-state index contributed by atoms with van der Waals surface area (Å²) in [6, 6.07) is 4.90. The molecule has 0 bridgehead atoms. The van der Waals surface area contributed by atoms with Crippen LogP contribution < -0.4 is 0 Å². The fourth-order valence-corrected chi connectivity index (χ4v) is 4.14. The number of esters is 1. The van der Waals surface area contributed by atoms with Crippen LogP contribution in [0.1, 0.15) is 41.3 Å². The molecule has 0 atom stereocenters. The number of hydrogen-bond acceptors (Lipinski definition) is 5. The largest absolute Gasteiger partial charge is 0.464 e. The van der Waals surface area contributed by atoms with Crippen LogP contribution in [0.2, 0.25) is 0 Å². The number of hydrogen-bond donors (Lipinski definition) is 0. The molecule has 3 rings (SSSR count). The Morgan fingerprint density at radius 1 is 1.23 bits per heavy atom. The zero-order chi connectivity index (χ0) is 22.2. The molecule has 5 nitrogen and oxygen atoms in total. The Hall–Kier alpha value is -2.46. The van der Waals surface area contributed by atoms with Gasteiger partial charge in [0.05, 0.1) is 33.4 Å². The summed E-state index contributed by atoms with van der Waals surface area (Å²) in [6.45, 7) is 5.52. The molecule has 2 heterocycles. The molecule has 3 aromatic rings. The number of alkyl halides is 3. The summed E-state index contributed by atoms with van der Waals surface area (Å²) in [5.74, 6) is -0.586. The molecule has 0 aliphatic carbocycles. The zero-order valence-corrected chi connectivity index (χ0v) is 18.9. The third kappa shape index (κ3) is 4.34. The second-order valence-electron chi connectivity index (χ2n) is 6.66. The Morgan fingerprint density at radius 3 is 2.40 bits per heavy atom. The van der Waals surface area contributed by atoms with Crippen molar-refractivity contribution in [1.82, 2.24) is 14.8 Å². The molecular weight excluding hydrogens is 483 g/mol. The third-order valence-electron chi connectivity index (χ3n) is 4.09. The van der Waals surface area contributed by atoms with Crippen molar-refractivity contribution in [3.8, 4) is 15.6 Å². The number of allylic oxidation sites excluding steroid dienone is 1. The fraction of sp³-hybridized carbons (Fsp3) is 0.250. The topological polar surface area (TPSA) is 57.0 Å². The van der Waals surface area contributed by atoms with Crippen LogP contribution in [0, 0.1) is 6.92 Å². The van der Waals surface area contributed by atoms with Crippen LogP contribution >= 0.6 is 27.3 Å². The lowest BCUT2D eigenvalue weighted by atomic mass is 10.1. The number of nitrogens with zero attached hydrogens (tertiary/aromatic N) is 3. The lowest BCUT2D eigenvalue weighted by Gasteiger charge is -2.07. The van der Waals surface area contributed by atoms with Crippen molar-refractivity contribution in [2.75, 3.05) is 7.11 Å². The second kappa shape index (κ2) is 8.35. The van der Waals surface area contributed by atoms with E-state index in [9.17, 15) is 18.0 Å². The Bertz CT molecular complexity index is 1130. The van der Waals surface area contributed by atoms with E-state index in [2.05, 4.69) is 26.0 Å². The van der Waals surface area contributed by atoms with Gasteiger partial charge in [0.2, 0.25) is 5.13 Å². The summed E-state index contributed by atoms with van der Waals surface area (Å²) in [5.41, 5.74) is 2.17. The van der Waals surface area contributed by atoms with Crippen LogP contribution in [0.4, 0.5) is 13.2 Å². The van der Waals surface area contributed by atoms with Gasteiger partial charge in [-0.3, -0.25) is 0 Å². The SMILES string of the molecule is COC(=O)c1c(Br)c(C)nn1-c1nc(C=C(C)C)c(-c2ccc(C(F)(F)F)cc2)s1. The molecule has 10 heteroatoms. The number of aryl methyl sites for hydroxylation is 1. The zero-order valence-electron chi connectivity index (χ0n) is 16.5. The molecule has 0 unspecified atom stereocenters. The van der Waals surface area contributed by atoms with Gasteiger partial charge in [-0.2, -0.15) is 23.0 Å². The van der Waals surface area contributed by atoms with Gasteiger partial charge in [0.1, 0.15) is 0 Å². The maximum atomic E-state index is 12.9. The number of benzene rings is 1. The molecule has 0 N–H and O–H groups in total. The number of carbonyl (C=O) groups is 1. The monoisotopic (exact) mass is 499 g/mol. The van der Waals surface area contributed by atoms with Crippen LogP contribution in [0.25, 0.3) is 21.6 Å². The van der Waals surface area contributed by atoms with Gasteiger partial charge in [-0.1, -0.05) is 29.0 Å².